The number of nitrogens with zero attached hydrogens (tertiary/aromatic N) is 4. The molecule has 10 heteroatoms. The Balaban J connectivity index is 2.31. The summed E-state index contributed by atoms with van der Waals surface area (Å²) in [5.41, 5.74) is -1.00. The van der Waals surface area contributed by atoms with Crippen LogP contribution in [0.3, 0.4) is 0 Å². The molecule has 6 nitrogen and oxygen atoms in total. The number of alkyl halides is 3. The predicted octanol–water partition coefficient (Wildman–Crippen LogP) is 2.22. The molecule has 21 heavy (non-hydrogen) atoms. The third kappa shape index (κ3) is 3.51. The smallest absolute Gasteiger partial charge is 0.416 e. The van der Waals surface area contributed by atoms with Crippen LogP contribution in [-0.2, 0) is 19.0 Å². The first-order valence-electron chi connectivity index (χ1n) is 5.57. The molecule has 0 atom stereocenters. The number of halogens is 3. The second-order valence-corrected chi connectivity index (χ2v) is 4.99. The van der Waals surface area contributed by atoms with Crippen molar-refractivity contribution in [2.75, 3.05) is 0 Å². The molecule has 2 rings (SSSR count). The van der Waals surface area contributed by atoms with E-state index in [1.165, 1.54) is 4.68 Å². The van der Waals surface area contributed by atoms with E-state index in [9.17, 15) is 18.0 Å². The topological polar surface area (TPSA) is 80.9 Å². The van der Waals surface area contributed by atoms with Crippen LogP contribution < -0.4 is 0 Å². The highest BCUT2D eigenvalue weighted by Crippen LogP contribution is 2.32. The van der Waals surface area contributed by atoms with E-state index < -0.39 is 17.7 Å². The second kappa shape index (κ2) is 5.72. The highest BCUT2D eigenvalue weighted by molar-refractivity contribution is 7.98. The first-order valence-corrected chi connectivity index (χ1v) is 6.56. The van der Waals surface area contributed by atoms with E-state index in [-0.39, 0.29) is 16.9 Å². The highest BCUT2D eigenvalue weighted by atomic mass is 32.2. The van der Waals surface area contributed by atoms with E-state index in [1.54, 1.807) is 7.05 Å². The van der Waals surface area contributed by atoms with Crippen LogP contribution in [-0.4, -0.2) is 31.3 Å². The van der Waals surface area contributed by atoms with Crippen LogP contribution in [0.1, 0.15) is 21.5 Å². The average molecular weight is 318 g/mol. The SMILES string of the molecule is Cn1nnnc1SCc1cc(C(F)(F)F)ccc1C(=O)O. The molecule has 0 saturated heterocycles. The van der Waals surface area contributed by atoms with Gasteiger partial charge in [-0.2, -0.15) is 13.2 Å². The van der Waals surface area contributed by atoms with Crippen molar-refractivity contribution in [3.05, 3.63) is 34.9 Å². The molecule has 112 valence electrons. The maximum absolute atomic E-state index is 12.7. The summed E-state index contributed by atoms with van der Waals surface area (Å²) in [5, 5.41) is 20.1. The molecule has 1 aromatic carbocycles. The van der Waals surface area contributed by atoms with Gasteiger partial charge in [0.1, 0.15) is 0 Å². The number of carbonyl (C=O) groups is 1. The molecule has 0 spiro atoms. The number of rotatable bonds is 4. The monoisotopic (exact) mass is 318 g/mol. The lowest BCUT2D eigenvalue weighted by molar-refractivity contribution is -0.137. The summed E-state index contributed by atoms with van der Waals surface area (Å²) in [6.07, 6.45) is -4.53. The van der Waals surface area contributed by atoms with Gasteiger partial charge in [-0.25, -0.2) is 9.48 Å². The zero-order chi connectivity index (χ0) is 15.6. The molecule has 1 heterocycles. The zero-order valence-corrected chi connectivity index (χ0v) is 11.4. The summed E-state index contributed by atoms with van der Waals surface area (Å²) in [6.45, 7) is 0. The average Bonchev–Trinajstić information content (AvgIpc) is 2.80. The van der Waals surface area contributed by atoms with Crippen molar-refractivity contribution < 1.29 is 23.1 Å². The molecule has 0 aliphatic rings. The van der Waals surface area contributed by atoms with E-state index in [0.717, 1.165) is 30.0 Å². The molecular formula is C11H9F3N4O2S. The lowest BCUT2D eigenvalue weighted by Crippen LogP contribution is -2.09. The number of carboxylic acids is 1. The lowest BCUT2D eigenvalue weighted by Gasteiger charge is -2.11. The Morgan fingerprint density at radius 3 is 2.67 bits per heavy atom. The minimum atomic E-state index is -4.53. The van der Waals surface area contributed by atoms with Crippen molar-refractivity contribution in [1.29, 1.82) is 0 Å². The Bertz CT molecular complexity index is 672. The van der Waals surface area contributed by atoms with Crippen molar-refractivity contribution in [2.24, 2.45) is 7.05 Å². The van der Waals surface area contributed by atoms with Crippen molar-refractivity contribution in [3.63, 3.8) is 0 Å². The molecule has 0 saturated carbocycles. The van der Waals surface area contributed by atoms with Crippen LogP contribution in [0, 0.1) is 0 Å². The van der Waals surface area contributed by atoms with E-state index in [1.807, 2.05) is 0 Å². The van der Waals surface area contributed by atoms with Gasteiger partial charge in [-0.1, -0.05) is 11.8 Å². The molecule has 0 radical (unpaired) electrons. The van der Waals surface area contributed by atoms with Gasteiger partial charge in [0.05, 0.1) is 11.1 Å². The summed E-state index contributed by atoms with van der Waals surface area (Å²) >= 11 is 1.05. The van der Waals surface area contributed by atoms with Gasteiger partial charge < -0.3 is 5.11 Å². The van der Waals surface area contributed by atoms with Crippen molar-refractivity contribution in [1.82, 2.24) is 20.2 Å². The van der Waals surface area contributed by atoms with E-state index in [0.29, 0.717) is 5.16 Å². The van der Waals surface area contributed by atoms with Crippen LogP contribution in [0.15, 0.2) is 23.4 Å². The standard InChI is InChI=1S/C11H9F3N4O2S/c1-18-10(15-16-17-18)21-5-6-4-7(11(12,13)14)2-3-8(6)9(19)20/h2-4H,5H2,1H3,(H,19,20). The minimum Gasteiger partial charge on any atom is -0.478 e. The van der Waals surface area contributed by atoms with Gasteiger partial charge in [-0.05, 0) is 34.2 Å². The first kappa shape index (κ1) is 15.3. The maximum Gasteiger partial charge on any atom is 0.416 e. The van der Waals surface area contributed by atoms with Crippen LogP contribution in [0.5, 0.6) is 0 Å². The summed E-state index contributed by atoms with van der Waals surface area (Å²) < 4.78 is 39.4. The van der Waals surface area contributed by atoms with Gasteiger partial charge in [0, 0.05) is 12.8 Å². The Morgan fingerprint density at radius 2 is 2.14 bits per heavy atom. The fourth-order valence-corrected chi connectivity index (χ4v) is 2.42. The van der Waals surface area contributed by atoms with Gasteiger partial charge >= 0.3 is 12.1 Å². The first-order chi connectivity index (χ1) is 9.79. The summed E-state index contributed by atoms with van der Waals surface area (Å²) in [6, 6.07) is 2.54. The van der Waals surface area contributed by atoms with Gasteiger partial charge in [0.15, 0.2) is 0 Å². The van der Waals surface area contributed by atoms with Crippen LogP contribution in [0.25, 0.3) is 0 Å². The van der Waals surface area contributed by atoms with Gasteiger partial charge in [-0.3, -0.25) is 0 Å². The molecule has 0 aliphatic heterocycles. The Kier molecular flexibility index (Phi) is 4.16. The Labute approximate surface area is 121 Å². The van der Waals surface area contributed by atoms with Crippen LogP contribution in [0.2, 0.25) is 0 Å². The van der Waals surface area contributed by atoms with E-state index >= 15 is 0 Å². The van der Waals surface area contributed by atoms with E-state index in [4.69, 9.17) is 5.11 Å². The lowest BCUT2D eigenvalue weighted by atomic mass is 10.0. The van der Waals surface area contributed by atoms with E-state index in [2.05, 4.69) is 15.5 Å². The third-order valence-corrected chi connectivity index (χ3v) is 3.66. The predicted molar refractivity (Wildman–Crippen MR) is 66.8 cm³/mol. The largest absolute Gasteiger partial charge is 0.478 e. The third-order valence-electron chi connectivity index (χ3n) is 2.60. The fraction of sp³-hybridized carbons (Fsp3) is 0.273. The number of benzene rings is 1. The molecule has 0 fully saturated rings. The van der Waals surface area contributed by atoms with Crippen LogP contribution in [0.4, 0.5) is 13.2 Å². The molecule has 0 bridgehead atoms. The summed E-state index contributed by atoms with van der Waals surface area (Å²) in [5.74, 6) is -1.27. The number of aromatic carboxylic acids is 1. The zero-order valence-electron chi connectivity index (χ0n) is 10.6. The maximum atomic E-state index is 12.7. The van der Waals surface area contributed by atoms with Crippen LogP contribution >= 0.6 is 11.8 Å². The molecular weight excluding hydrogens is 309 g/mol. The van der Waals surface area contributed by atoms with Crippen molar-refractivity contribution >= 4 is 17.7 Å². The number of tetrazole rings is 1. The van der Waals surface area contributed by atoms with Crippen molar-refractivity contribution in [2.45, 2.75) is 17.1 Å². The number of thioether (sulfide) groups is 1. The molecule has 1 N–H and O–H groups in total. The second-order valence-electron chi connectivity index (χ2n) is 4.05. The van der Waals surface area contributed by atoms with Crippen molar-refractivity contribution in [3.8, 4) is 0 Å². The number of hydrogen-bond acceptors (Lipinski definition) is 5. The number of aryl methyl sites for hydroxylation is 1. The number of carboxylic acid groups (broad SMARTS) is 1. The highest BCUT2D eigenvalue weighted by Gasteiger charge is 2.31. The molecule has 0 amide bonds. The quantitative estimate of drug-likeness (QED) is 0.871. The molecule has 0 unspecified atom stereocenters. The van der Waals surface area contributed by atoms with Gasteiger partial charge in [0.25, 0.3) is 0 Å². The van der Waals surface area contributed by atoms with Gasteiger partial charge in [0.2, 0.25) is 5.16 Å². The number of aromatic nitrogens is 4. The fourth-order valence-electron chi connectivity index (χ4n) is 1.58. The minimum absolute atomic E-state index is 0.0137. The summed E-state index contributed by atoms with van der Waals surface area (Å²) in [7, 11) is 1.58. The van der Waals surface area contributed by atoms with Gasteiger partial charge in [-0.15, -0.1) is 5.10 Å². The Hall–Kier alpha value is -2.10. The molecule has 0 aliphatic carbocycles. The normalized spacial score (nSPS) is 11.6. The summed E-state index contributed by atoms with van der Waals surface area (Å²) in [4.78, 5) is 11.1. The molecule has 1 aromatic heterocycles. The Morgan fingerprint density at radius 1 is 1.43 bits per heavy atom. The number of hydrogen-bond donors (Lipinski definition) is 1. The molecule has 2 aromatic rings.